The van der Waals surface area contributed by atoms with E-state index in [4.69, 9.17) is 0 Å². The highest BCUT2D eigenvalue weighted by molar-refractivity contribution is 5.55. The Morgan fingerprint density at radius 1 is 1.25 bits per heavy atom. The maximum atomic E-state index is 14.2. The Kier molecular flexibility index (Phi) is 5.84. The lowest BCUT2D eigenvalue weighted by Crippen LogP contribution is -2.35. The van der Waals surface area contributed by atoms with Crippen molar-refractivity contribution in [1.82, 2.24) is 5.32 Å². The van der Waals surface area contributed by atoms with Crippen molar-refractivity contribution < 1.29 is 4.39 Å². The van der Waals surface area contributed by atoms with Gasteiger partial charge in [-0.25, -0.2) is 4.39 Å². The predicted molar refractivity (Wildman–Crippen MR) is 83.7 cm³/mol. The van der Waals surface area contributed by atoms with Gasteiger partial charge in [0.25, 0.3) is 0 Å². The number of rotatable bonds is 5. The topological polar surface area (TPSA) is 15.3 Å². The second-order valence-corrected chi connectivity index (χ2v) is 5.62. The van der Waals surface area contributed by atoms with Crippen molar-refractivity contribution in [1.29, 1.82) is 0 Å². The van der Waals surface area contributed by atoms with E-state index in [1.807, 2.05) is 6.07 Å². The van der Waals surface area contributed by atoms with Gasteiger partial charge < -0.3 is 10.2 Å². The highest BCUT2D eigenvalue weighted by Crippen LogP contribution is 2.30. The van der Waals surface area contributed by atoms with Crippen LogP contribution in [0.15, 0.2) is 18.2 Å². The second kappa shape index (κ2) is 7.63. The zero-order valence-corrected chi connectivity index (χ0v) is 12.8. The minimum Gasteiger partial charge on any atom is -0.368 e. The molecule has 0 spiro atoms. The lowest BCUT2D eigenvalue weighted by molar-refractivity contribution is 0.546. The van der Waals surface area contributed by atoms with E-state index in [1.54, 1.807) is 6.07 Å². The van der Waals surface area contributed by atoms with Gasteiger partial charge in [-0.15, -0.1) is 0 Å². The fourth-order valence-electron chi connectivity index (χ4n) is 3.16. The van der Waals surface area contributed by atoms with Crippen LogP contribution < -0.4 is 10.2 Å². The summed E-state index contributed by atoms with van der Waals surface area (Å²) >= 11 is 0. The molecule has 1 N–H and O–H groups in total. The molecule has 1 heterocycles. The molecule has 1 aromatic carbocycles. The van der Waals surface area contributed by atoms with Crippen molar-refractivity contribution in [2.75, 3.05) is 18.0 Å². The number of benzene rings is 1. The molecule has 0 amide bonds. The summed E-state index contributed by atoms with van der Waals surface area (Å²) in [6.45, 7) is 6.84. The molecule has 20 heavy (non-hydrogen) atoms. The van der Waals surface area contributed by atoms with E-state index in [0.717, 1.165) is 30.8 Å². The molecule has 0 saturated carbocycles. The Hall–Kier alpha value is -1.09. The predicted octanol–water partition coefficient (Wildman–Crippen LogP) is 4.09. The molecular formula is C17H27FN2. The molecule has 1 aromatic rings. The number of nitrogens with zero attached hydrogens (tertiary/aromatic N) is 1. The average Bonchev–Trinajstić information content (AvgIpc) is 2.70. The molecule has 3 heteroatoms. The van der Waals surface area contributed by atoms with E-state index < -0.39 is 0 Å². The monoisotopic (exact) mass is 278 g/mol. The van der Waals surface area contributed by atoms with Crippen LogP contribution in [0.4, 0.5) is 10.1 Å². The molecule has 112 valence electrons. The number of halogens is 1. The quantitative estimate of drug-likeness (QED) is 0.872. The molecule has 1 aliphatic rings. The molecular weight excluding hydrogens is 251 g/mol. The Bertz CT molecular complexity index is 419. The van der Waals surface area contributed by atoms with Crippen molar-refractivity contribution >= 4 is 5.69 Å². The van der Waals surface area contributed by atoms with Gasteiger partial charge in [0.05, 0.1) is 0 Å². The largest absolute Gasteiger partial charge is 0.368 e. The zero-order valence-electron chi connectivity index (χ0n) is 12.8. The molecule has 0 bridgehead atoms. The van der Waals surface area contributed by atoms with Crippen LogP contribution in [0.5, 0.6) is 0 Å². The van der Waals surface area contributed by atoms with E-state index in [0.29, 0.717) is 12.6 Å². The van der Waals surface area contributed by atoms with Gasteiger partial charge in [-0.1, -0.05) is 32.8 Å². The first-order chi connectivity index (χ1) is 9.77. The van der Waals surface area contributed by atoms with Crippen LogP contribution in [0.1, 0.15) is 51.5 Å². The molecule has 0 aliphatic carbocycles. The molecule has 1 fully saturated rings. The fourth-order valence-corrected chi connectivity index (χ4v) is 3.16. The number of hydrogen-bond acceptors (Lipinski definition) is 2. The summed E-state index contributed by atoms with van der Waals surface area (Å²) in [5.74, 6) is -0.0810. The smallest absolute Gasteiger partial charge is 0.129 e. The molecule has 2 nitrogen and oxygen atoms in total. The van der Waals surface area contributed by atoms with Crippen LogP contribution >= 0.6 is 0 Å². The van der Waals surface area contributed by atoms with Gasteiger partial charge in [0.15, 0.2) is 0 Å². The van der Waals surface area contributed by atoms with E-state index in [2.05, 4.69) is 30.1 Å². The standard InChI is InChI=1S/C17H27FN2/c1-3-14-9-6-5-7-12-20(14)17-11-8-10-16(18)15(17)13-19-4-2/h8,10-11,14,19H,3-7,9,12-13H2,1-2H3. The molecule has 1 unspecified atom stereocenters. The van der Waals surface area contributed by atoms with Crippen molar-refractivity contribution in [3.8, 4) is 0 Å². The molecule has 2 rings (SSSR count). The van der Waals surface area contributed by atoms with Crippen molar-refractivity contribution in [2.45, 2.75) is 58.5 Å². The first-order valence-electron chi connectivity index (χ1n) is 8.02. The van der Waals surface area contributed by atoms with Crippen molar-refractivity contribution in [3.05, 3.63) is 29.6 Å². The van der Waals surface area contributed by atoms with Crippen LogP contribution in [-0.2, 0) is 6.54 Å². The van der Waals surface area contributed by atoms with Gasteiger partial charge in [0.2, 0.25) is 0 Å². The maximum absolute atomic E-state index is 14.2. The number of anilines is 1. The number of hydrogen-bond donors (Lipinski definition) is 1. The third-order valence-electron chi connectivity index (χ3n) is 4.30. The van der Waals surface area contributed by atoms with Gasteiger partial charge in [-0.05, 0) is 37.9 Å². The first-order valence-corrected chi connectivity index (χ1v) is 8.02. The minimum absolute atomic E-state index is 0.0810. The van der Waals surface area contributed by atoms with E-state index in [1.165, 1.54) is 25.7 Å². The van der Waals surface area contributed by atoms with Gasteiger partial charge in [-0.2, -0.15) is 0 Å². The highest BCUT2D eigenvalue weighted by Gasteiger charge is 2.22. The average molecular weight is 278 g/mol. The highest BCUT2D eigenvalue weighted by atomic mass is 19.1. The summed E-state index contributed by atoms with van der Waals surface area (Å²) in [5.41, 5.74) is 1.93. The van der Waals surface area contributed by atoms with E-state index in [-0.39, 0.29) is 5.82 Å². The van der Waals surface area contributed by atoms with Crippen LogP contribution in [-0.4, -0.2) is 19.1 Å². The van der Waals surface area contributed by atoms with Crippen molar-refractivity contribution in [3.63, 3.8) is 0 Å². The van der Waals surface area contributed by atoms with Gasteiger partial charge in [-0.3, -0.25) is 0 Å². The molecule has 1 atom stereocenters. The third-order valence-corrected chi connectivity index (χ3v) is 4.30. The van der Waals surface area contributed by atoms with Crippen LogP contribution in [0, 0.1) is 5.82 Å². The summed E-state index contributed by atoms with van der Waals surface area (Å²) in [5, 5.41) is 3.27. The summed E-state index contributed by atoms with van der Waals surface area (Å²) in [7, 11) is 0. The minimum atomic E-state index is -0.0810. The third kappa shape index (κ3) is 3.51. The van der Waals surface area contributed by atoms with Crippen LogP contribution in [0.3, 0.4) is 0 Å². The lowest BCUT2D eigenvalue weighted by atomic mass is 10.0. The molecule has 1 aliphatic heterocycles. The summed E-state index contributed by atoms with van der Waals surface area (Å²) in [6, 6.07) is 6.07. The molecule has 0 radical (unpaired) electrons. The van der Waals surface area contributed by atoms with Crippen molar-refractivity contribution in [2.24, 2.45) is 0 Å². The second-order valence-electron chi connectivity index (χ2n) is 5.62. The summed E-state index contributed by atoms with van der Waals surface area (Å²) < 4.78 is 14.2. The van der Waals surface area contributed by atoms with Crippen LogP contribution in [0.2, 0.25) is 0 Å². The fraction of sp³-hybridized carbons (Fsp3) is 0.647. The number of nitrogens with one attached hydrogen (secondary N) is 1. The molecule has 0 aromatic heterocycles. The Labute approximate surface area is 122 Å². The van der Waals surface area contributed by atoms with E-state index >= 15 is 0 Å². The summed E-state index contributed by atoms with van der Waals surface area (Å²) in [6.07, 6.45) is 6.18. The summed E-state index contributed by atoms with van der Waals surface area (Å²) in [4.78, 5) is 2.45. The Balaban J connectivity index is 2.30. The maximum Gasteiger partial charge on any atom is 0.129 e. The lowest BCUT2D eigenvalue weighted by Gasteiger charge is -2.33. The van der Waals surface area contributed by atoms with Gasteiger partial charge >= 0.3 is 0 Å². The van der Waals surface area contributed by atoms with E-state index in [9.17, 15) is 4.39 Å². The van der Waals surface area contributed by atoms with Crippen LogP contribution in [0.25, 0.3) is 0 Å². The first kappa shape index (κ1) is 15.3. The Morgan fingerprint density at radius 2 is 2.10 bits per heavy atom. The normalized spacial score (nSPS) is 19.9. The zero-order chi connectivity index (χ0) is 14.4. The Morgan fingerprint density at radius 3 is 2.85 bits per heavy atom. The SMILES string of the molecule is CCNCc1c(F)cccc1N1CCCCCC1CC. The molecule has 1 saturated heterocycles. The van der Waals surface area contributed by atoms with Gasteiger partial charge in [0, 0.05) is 30.4 Å². The van der Waals surface area contributed by atoms with Gasteiger partial charge in [0.1, 0.15) is 5.82 Å².